The van der Waals surface area contributed by atoms with Crippen LogP contribution in [0, 0.1) is 10.1 Å². The van der Waals surface area contributed by atoms with Gasteiger partial charge in [-0.3, -0.25) is 10.1 Å². The molecule has 4 nitrogen and oxygen atoms in total. The van der Waals surface area contributed by atoms with Gasteiger partial charge >= 0.3 is 0 Å². The lowest BCUT2D eigenvalue weighted by atomic mass is 10.2. The Balaban J connectivity index is 0.00000169. The molecule has 0 aliphatic rings. The van der Waals surface area contributed by atoms with E-state index in [1.54, 1.807) is 6.07 Å². The molecule has 14 heavy (non-hydrogen) atoms. The fourth-order valence-electron chi connectivity index (χ4n) is 0.983. The molecule has 6 heteroatoms. The highest BCUT2D eigenvalue weighted by Crippen LogP contribution is 2.25. The van der Waals surface area contributed by atoms with E-state index in [-0.39, 0.29) is 19.2 Å². The van der Waals surface area contributed by atoms with E-state index >= 15 is 0 Å². The molecule has 0 heterocycles. The normalized spacial score (nSPS) is 9.00. The quantitative estimate of drug-likeness (QED) is 0.486. The third-order valence-electron chi connectivity index (χ3n) is 1.62. The molecule has 0 radical (unpaired) electrons. The molecule has 0 aromatic heterocycles. The second kappa shape index (κ2) is 5.87. The van der Waals surface area contributed by atoms with Crippen molar-refractivity contribution in [1.82, 2.24) is 0 Å². The van der Waals surface area contributed by atoms with Gasteiger partial charge in [0.1, 0.15) is 5.75 Å². The zero-order chi connectivity index (χ0) is 9.84. The first-order chi connectivity index (χ1) is 6.19. The molecule has 0 saturated carbocycles. The molecule has 1 rings (SSSR count). The maximum atomic E-state index is 10.4. The number of nitrogens with zero attached hydrogens (tertiary/aromatic N) is 1. The van der Waals surface area contributed by atoms with Crippen LogP contribution in [0.2, 0.25) is 0 Å². The molecule has 0 amide bonds. The monoisotopic (exact) mass is 279 g/mol. The molecule has 0 bridgehead atoms. The highest BCUT2D eigenvalue weighted by Gasteiger charge is 2.09. The minimum atomic E-state index is -0.425. The number of ether oxygens (including phenoxy) is 1. The van der Waals surface area contributed by atoms with Crippen molar-refractivity contribution in [3.05, 3.63) is 33.9 Å². The highest BCUT2D eigenvalue weighted by molar-refractivity contribution is 9.08. The maximum absolute atomic E-state index is 10.4. The molecule has 0 aliphatic carbocycles. The van der Waals surface area contributed by atoms with Crippen LogP contribution < -0.4 is 4.74 Å². The average molecular weight is 280 g/mol. The van der Waals surface area contributed by atoms with Crippen molar-refractivity contribution >= 4 is 35.1 Å². The van der Waals surface area contributed by atoms with E-state index in [1.807, 2.05) is 0 Å². The summed E-state index contributed by atoms with van der Waals surface area (Å²) in [6, 6.07) is 4.51. The summed E-state index contributed by atoms with van der Waals surface area (Å²) in [5, 5.41) is 11.0. The SMILES string of the molecule is COc1ccc([N+](=O)[O-])cc1CBr.S. The van der Waals surface area contributed by atoms with Gasteiger partial charge in [0.25, 0.3) is 5.69 Å². The molecule has 0 aliphatic heterocycles. The van der Waals surface area contributed by atoms with Crippen molar-refractivity contribution in [1.29, 1.82) is 0 Å². The predicted molar refractivity (Wildman–Crippen MR) is 62.7 cm³/mol. The molecular formula is C8H10BrNO3S. The number of benzene rings is 1. The molecule has 0 atom stereocenters. The van der Waals surface area contributed by atoms with E-state index < -0.39 is 4.92 Å². The Morgan fingerprint density at radius 2 is 2.21 bits per heavy atom. The van der Waals surface area contributed by atoms with Crippen molar-refractivity contribution in [2.24, 2.45) is 0 Å². The predicted octanol–water partition coefficient (Wildman–Crippen LogP) is 2.61. The molecule has 0 fully saturated rings. The molecular weight excluding hydrogens is 270 g/mol. The van der Waals surface area contributed by atoms with Crippen LogP contribution in [0.4, 0.5) is 5.69 Å². The van der Waals surface area contributed by atoms with Gasteiger partial charge in [-0.25, -0.2) is 0 Å². The van der Waals surface area contributed by atoms with Crippen molar-refractivity contribution < 1.29 is 9.66 Å². The average Bonchev–Trinajstić information content (AvgIpc) is 2.16. The van der Waals surface area contributed by atoms with Gasteiger partial charge in [-0.2, -0.15) is 13.5 Å². The van der Waals surface area contributed by atoms with E-state index in [9.17, 15) is 10.1 Å². The minimum absolute atomic E-state index is 0. The van der Waals surface area contributed by atoms with Gasteiger partial charge in [0, 0.05) is 23.0 Å². The summed E-state index contributed by atoms with van der Waals surface area (Å²) in [5.41, 5.74) is 0.854. The van der Waals surface area contributed by atoms with Crippen LogP contribution in [0.15, 0.2) is 18.2 Å². The first kappa shape index (κ1) is 13.2. The molecule has 0 N–H and O–H groups in total. The Labute approximate surface area is 97.0 Å². The summed E-state index contributed by atoms with van der Waals surface area (Å²) in [4.78, 5) is 9.99. The van der Waals surface area contributed by atoms with Crippen LogP contribution >= 0.6 is 29.4 Å². The summed E-state index contributed by atoms with van der Waals surface area (Å²) in [7, 11) is 1.54. The number of hydrogen-bond acceptors (Lipinski definition) is 3. The molecule has 1 aromatic carbocycles. The zero-order valence-electron chi connectivity index (χ0n) is 7.49. The van der Waals surface area contributed by atoms with Crippen LogP contribution in [-0.2, 0) is 5.33 Å². The Bertz CT molecular complexity index is 332. The largest absolute Gasteiger partial charge is 0.496 e. The van der Waals surface area contributed by atoms with E-state index in [0.717, 1.165) is 5.56 Å². The zero-order valence-corrected chi connectivity index (χ0v) is 10.1. The smallest absolute Gasteiger partial charge is 0.270 e. The van der Waals surface area contributed by atoms with Crippen molar-refractivity contribution in [3.63, 3.8) is 0 Å². The summed E-state index contributed by atoms with van der Waals surface area (Å²) in [5.74, 6) is 0.655. The van der Waals surface area contributed by atoms with Crippen molar-refractivity contribution in [3.8, 4) is 5.75 Å². The first-order valence-corrected chi connectivity index (χ1v) is 4.68. The van der Waals surface area contributed by atoms with Gasteiger partial charge in [0.2, 0.25) is 0 Å². The third-order valence-corrected chi connectivity index (χ3v) is 2.22. The van der Waals surface area contributed by atoms with Crippen molar-refractivity contribution in [2.45, 2.75) is 5.33 Å². The number of nitro groups is 1. The van der Waals surface area contributed by atoms with Gasteiger partial charge in [-0.15, -0.1) is 0 Å². The third kappa shape index (κ3) is 2.88. The van der Waals surface area contributed by atoms with Gasteiger partial charge in [-0.05, 0) is 6.07 Å². The van der Waals surface area contributed by atoms with Crippen LogP contribution in [-0.4, -0.2) is 12.0 Å². The number of halogens is 1. The Kier molecular flexibility index (Phi) is 5.56. The molecule has 78 valence electrons. The number of non-ortho nitro benzene ring substituents is 1. The maximum Gasteiger partial charge on any atom is 0.270 e. The summed E-state index contributed by atoms with van der Waals surface area (Å²) < 4.78 is 5.02. The molecule has 0 spiro atoms. The summed E-state index contributed by atoms with van der Waals surface area (Å²) in [6.45, 7) is 0. The van der Waals surface area contributed by atoms with E-state index in [1.165, 1.54) is 19.2 Å². The number of nitro benzene ring substituents is 1. The number of hydrogen-bond donors (Lipinski definition) is 0. The second-order valence-corrected chi connectivity index (χ2v) is 2.95. The Morgan fingerprint density at radius 1 is 1.57 bits per heavy atom. The standard InChI is InChI=1S/C8H8BrNO3.H2S/c1-13-8-3-2-7(10(11)12)4-6(8)5-9;/h2-4H,5H2,1H3;1H2. The van der Waals surface area contributed by atoms with Crippen LogP contribution in [0.25, 0.3) is 0 Å². The lowest BCUT2D eigenvalue weighted by Gasteiger charge is -2.04. The van der Waals surface area contributed by atoms with E-state index in [4.69, 9.17) is 4.74 Å². The minimum Gasteiger partial charge on any atom is -0.496 e. The molecule has 0 saturated heterocycles. The number of alkyl halides is 1. The lowest BCUT2D eigenvalue weighted by Crippen LogP contribution is -1.93. The van der Waals surface area contributed by atoms with E-state index in [0.29, 0.717) is 11.1 Å². The highest BCUT2D eigenvalue weighted by atomic mass is 79.9. The number of rotatable bonds is 3. The van der Waals surface area contributed by atoms with Crippen molar-refractivity contribution in [2.75, 3.05) is 7.11 Å². The fraction of sp³-hybridized carbons (Fsp3) is 0.250. The van der Waals surface area contributed by atoms with Crippen LogP contribution in [0.1, 0.15) is 5.56 Å². The topological polar surface area (TPSA) is 52.4 Å². The Morgan fingerprint density at radius 3 is 2.64 bits per heavy atom. The van der Waals surface area contributed by atoms with Gasteiger partial charge < -0.3 is 4.74 Å². The second-order valence-electron chi connectivity index (χ2n) is 2.39. The summed E-state index contributed by atoms with van der Waals surface area (Å²) >= 11 is 3.23. The lowest BCUT2D eigenvalue weighted by molar-refractivity contribution is -0.384. The van der Waals surface area contributed by atoms with Crippen LogP contribution in [0.3, 0.4) is 0 Å². The fourth-order valence-corrected chi connectivity index (χ4v) is 1.42. The Hall–Kier alpha value is -0.750. The molecule has 0 unspecified atom stereocenters. The van der Waals surface area contributed by atoms with E-state index in [2.05, 4.69) is 15.9 Å². The van der Waals surface area contributed by atoms with Gasteiger partial charge in [-0.1, -0.05) is 15.9 Å². The van der Waals surface area contributed by atoms with Crippen LogP contribution in [0.5, 0.6) is 5.75 Å². The number of methoxy groups -OCH3 is 1. The van der Waals surface area contributed by atoms with Gasteiger partial charge in [0.05, 0.1) is 12.0 Å². The first-order valence-electron chi connectivity index (χ1n) is 3.56. The summed E-state index contributed by atoms with van der Waals surface area (Å²) in [6.07, 6.45) is 0. The molecule has 1 aromatic rings. The van der Waals surface area contributed by atoms with Gasteiger partial charge in [0.15, 0.2) is 0 Å².